The number of piperidine rings is 1. The highest BCUT2D eigenvalue weighted by atomic mass is 16.5. The number of Topliss-reactive ketones (excluding diaryl/α,β-unsaturated/α-hetero) is 1. The van der Waals surface area contributed by atoms with E-state index in [1.165, 1.54) is 0 Å². The van der Waals surface area contributed by atoms with E-state index in [1.807, 2.05) is 49.4 Å². The Balaban J connectivity index is 1.54. The first-order valence-corrected chi connectivity index (χ1v) is 13.0. The fourth-order valence-corrected chi connectivity index (χ4v) is 4.79. The van der Waals surface area contributed by atoms with Crippen molar-refractivity contribution in [1.29, 1.82) is 0 Å². The number of benzene rings is 2. The van der Waals surface area contributed by atoms with E-state index in [1.54, 1.807) is 19.2 Å². The molecule has 4 N–H and O–H groups in total. The van der Waals surface area contributed by atoms with Gasteiger partial charge >= 0.3 is 0 Å². The van der Waals surface area contributed by atoms with Gasteiger partial charge in [0.25, 0.3) is 0 Å². The van der Waals surface area contributed by atoms with Crippen LogP contribution in [0.25, 0.3) is 0 Å². The third-order valence-corrected chi connectivity index (χ3v) is 7.45. The molecule has 0 aromatic heterocycles. The van der Waals surface area contributed by atoms with Crippen LogP contribution in [0, 0.1) is 5.41 Å². The van der Waals surface area contributed by atoms with E-state index >= 15 is 0 Å². The van der Waals surface area contributed by atoms with Crippen LogP contribution in [-0.2, 0) is 27.2 Å². The predicted octanol–water partition coefficient (Wildman–Crippen LogP) is 1.93. The zero-order chi connectivity index (χ0) is 26.4. The number of nitrogens with one attached hydrogen (secondary N) is 3. The summed E-state index contributed by atoms with van der Waals surface area (Å²) in [5.74, 6) is -0.146. The molecular formula is C29H37N3O5. The van der Waals surface area contributed by atoms with Crippen LogP contribution in [-0.4, -0.2) is 60.6 Å². The molecule has 0 bridgehead atoms. The fourth-order valence-electron chi connectivity index (χ4n) is 4.79. The second-order valence-electron chi connectivity index (χ2n) is 10.4. The molecule has 2 amide bonds. The van der Waals surface area contributed by atoms with Crippen LogP contribution in [0.5, 0.6) is 5.75 Å². The molecule has 8 nitrogen and oxygen atoms in total. The number of ether oxygens (including phenoxy) is 1. The Hall–Kier alpha value is -3.23. The van der Waals surface area contributed by atoms with E-state index in [9.17, 15) is 19.5 Å². The lowest BCUT2D eigenvalue weighted by Gasteiger charge is -2.30. The van der Waals surface area contributed by atoms with Gasteiger partial charge in [-0.1, -0.05) is 49.4 Å². The van der Waals surface area contributed by atoms with E-state index in [-0.39, 0.29) is 12.2 Å². The van der Waals surface area contributed by atoms with Gasteiger partial charge in [-0.05, 0) is 61.9 Å². The molecule has 1 heterocycles. The maximum absolute atomic E-state index is 13.6. The molecule has 4 rings (SSSR count). The van der Waals surface area contributed by atoms with Gasteiger partial charge in [0.15, 0.2) is 5.78 Å². The summed E-state index contributed by atoms with van der Waals surface area (Å²) in [4.78, 5) is 40.1. The minimum Gasteiger partial charge on any atom is -0.497 e. The number of aliphatic hydroxyl groups excluding tert-OH is 1. The number of rotatable bonds is 11. The quantitative estimate of drug-likeness (QED) is 0.369. The van der Waals surface area contributed by atoms with E-state index in [0.29, 0.717) is 25.1 Å². The van der Waals surface area contributed by atoms with Gasteiger partial charge in [0.1, 0.15) is 17.8 Å². The van der Waals surface area contributed by atoms with Gasteiger partial charge in [-0.2, -0.15) is 0 Å². The van der Waals surface area contributed by atoms with Gasteiger partial charge in [-0.3, -0.25) is 14.4 Å². The normalized spacial score (nSPS) is 21.8. The average Bonchev–Trinajstić information content (AvgIpc) is 3.67. The molecule has 0 radical (unpaired) electrons. The molecule has 0 spiro atoms. The standard InChI is InChI=1S/C29H37N3O5/c1-29(14-15-29)26(34)22(17-19-7-4-3-5-8-19)31-27(35)23(18-20-10-12-21(37-2)13-11-20)32-28(36)25-24(33)9-6-16-30-25/h3-5,7-8,10-13,22-25,30,33H,6,9,14-18H2,1-2H3,(H,31,35)(H,32,36). The smallest absolute Gasteiger partial charge is 0.243 e. The zero-order valence-corrected chi connectivity index (χ0v) is 21.5. The lowest BCUT2D eigenvalue weighted by Crippen LogP contribution is -2.60. The lowest BCUT2D eigenvalue weighted by molar-refractivity contribution is -0.134. The number of carbonyl (C=O) groups excluding carboxylic acids is 3. The SMILES string of the molecule is COc1ccc(CC(NC(=O)C2NCCCC2O)C(=O)NC(Cc2ccccc2)C(=O)C2(C)CC2)cc1. The zero-order valence-electron chi connectivity index (χ0n) is 21.5. The van der Waals surface area contributed by atoms with Crippen molar-refractivity contribution < 1.29 is 24.2 Å². The summed E-state index contributed by atoms with van der Waals surface area (Å²) in [5, 5.41) is 19.2. The molecule has 198 valence electrons. The molecule has 37 heavy (non-hydrogen) atoms. The van der Waals surface area contributed by atoms with Gasteiger partial charge in [0.2, 0.25) is 11.8 Å². The summed E-state index contributed by atoms with van der Waals surface area (Å²) in [6, 6.07) is 14.5. The van der Waals surface area contributed by atoms with Crippen LogP contribution < -0.4 is 20.7 Å². The Morgan fingerprint density at radius 2 is 1.65 bits per heavy atom. The maximum Gasteiger partial charge on any atom is 0.243 e. The van der Waals surface area contributed by atoms with Crippen LogP contribution in [0.3, 0.4) is 0 Å². The minimum absolute atomic E-state index is 0.0172. The van der Waals surface area contributed by atoms with Crippen molar-refractivity contribution in [3.8, 4) is 5.75 Å². The number of hydrogen-bond acceptors (Lipinski definition) is 6. The third-order valence-electron chi connectivity index (χ3n) is 7.45. The summed E-state index contributed by atoms with van der Waals surface area (Å²) in [5.41, 5.74) is 1.37. The topological polar surface area (TPSA) is 117 Å². The summed E-state index contributed by atoms with van der Waals surface area (Å²) in [7, 11) is 1.58. The number of carbonyl (C=O) groups is 3. The first-order valence-electron chi connectivity index (χ1n) is 13.0. The summed E-state index contributed by atoms with van der Waals surface area (Å²) >= 11 is 0. The number of methoxy groups -OCH3 is 1. The second kappa shape index (κ2) is 11.9. The molecule has 1 aliphatic carbocycles. The van der Waals surface area contributed by atoms with Crippen LogP contribution in [0.4, 0.5) is 0 Å². The van der Waals surface area contributed by atoms with Crippen LogP contribution in [0.1, 0.15) is 43.7 Å². The summed E-state index contributed by atoms with van der Waals surface area (Å²) in [6.45, 7) is 2.56. The van der Waals surface area contributed by atoms with Crippen LogP contribution in [0.2, 0.25) is 0 Å². The van der Waals surface area contributed by atoms with Gasteiger partial charge in [-0.15, -0.1) is 0 Å². The Kier molecular flexibility index (Phi) is 8.61. The highest BCUT2D eigenvalue weighted by molar-refractivity contribution is 5.97. The van der Waals surface area contributed by atoms with E-state index in [4.69, 9.17) is 4.74 Å². The van der Waals surface area contributed by atoms with E-state index in [0.717, 1.165) is 30.4 Å². The van der Waals surface area contributed by atoms with Crippen molar-refractivity contribution in [3.63, 3.8) is 0 Å². The Morgan fingerprint density at radius 1 is 1.00 bits per heavy atom. The maximum atomic E-state index is 13.6. The molecule has 1 saturated carbocycles. The predicted molar refractivity (Wildman–Crippen MR) is 140 cm³/mol. The van der Waals surface area contributed by atoms with Crippen LogP contribution in [0.15, 0.2) is 54.6 Å². The molecule has 1 aliphatic heterocycles. The van der Waals surface area contributed by atoms with Crippen molar-refractivity contribution >= 4 is 17.6 Å². The molecule has 4 atom stereocenters. The van der Waals surface area contributed by atoms with Gasteiger partial charge in [0.05, 0.1) is 19.3 Å². The average molecular weight is 508 g/mol. The number of amides is 2. The minimum atomic E-state index is -0.921. The van der Waals surface area contributed by atoms with Crippen molar-refractivity contribution in [3.05, 3.63) is 65.7 Å². The number of hydrogen-bond donors (Lipinski definition) is 4. The Morgan fingerprint density at radius 3 is 2.27 bits per heavy atom. The molecule has 2 aliphatic rings. The van der Waals surface area contributed by atoms with Crippen LogP contribution >= 0.6 is 0 Å². The van der Waals surface area contributed by atoms with Crippen molar-refractivity contribution in [2.45, 2.75) is 69.7 Å². The van der Waals surface area contributed by atoms with Gasteiger partial charge in [0, 0.05) is 11.8 Å². The molecule has 1 saturated heterocycles. The van der Waals surface area contributed by atoms with Gasteiger partial charge in [-0.25, -0.2) is 0 Å². The number of ketones is 1. The fraction of sp³-hybridized carbons (Fsp3) is 0.483. The van der Waals surface area contributed by atoms with Crippen molar-refractivity contribution in [1.82, 2.24) is 16.0 Å². The largest absolute Gasteiger partial charge is 0.497 e. The first kappa shape index (κ1) is 26.8. The Labute approximate surface area is 218 Å². The molecular weight excluding hydrogens is 470 g/mol. The molecule has 2 fully saturated rings. The number of aliphatic hydroxyl groups is 1. The first-order chi connectivity index (χ1) is 17.8. The Bertz CT molecular complexity index is 1080. The second-order valence-corrected chi connectivity index (χ2v) is 10.4. The molecule has 4 unspecified atom stereocenters. The molecule has 2 aromatic carbocycles. The lowest BCUT2D eigenvalue weighted by atomic mass is 9.92. The monoisotopic (exact) mass is 507 g/mol. The highest BCUT2D eigenvalue weighted by Crippen LogP contribution is 2.46. The molecule has 2 aromatic rings. The molecule has 8 heteroatoms. The summed E-state index contributed by atoms with van der Waals surface area (Å²) < 4.78 is 5.23. The van der Waals surface area contributed by atoms with E-state index < -0.39 is 41.5 Å². The van der Waals surface area contributed by atoms with E-state index in [2.05, 4.69) is 16.0 Å². The van der Waals surface area contributed by atoms with Crippen molar-refractivity contribution in [2.24, 2.45) is 5.41 Å². The highest BCUT2D eigenvalue weighted by Gasteiger charge is 2.48. The van der Waals surface area contributed by atoms with Crippen molar-refractivity contribution in [2.75, 3.05) is 13.7 Å². The third kappa shape index (κ3) is 6.96. The summed E-state index contributed by atoms with van der Waals surface area (Å²) in [6.07, 6.45) is 2.71. The van der Waals surface area contributed by atoms with Gasteiger partial charge < -0.3 is 25.8 Å².